The summed E-state index contributed by atoms with van der Waals surface area (Å²) in [5.41, 5.74) is 0.626. The van der Waals surface area contributed by atoms with Gasteiger partial charge in [0.2, 0.25) is 10.0 Å². The second-order valence-corrected chi connectivity index (χ2v) is 6.98. The minimum atomic E-state index is -3.57. The molecule has 1 atom stereocenters. The zero-order chi connectivity index (χ0) is 15.7. The smallest absolute Gasteiger partial charge is 0.258 e. The number of sulfonamides is 1. The standard InChI is InChI=1S/C15H14N2O4S/c18-17(19)13-6-4-5-12(11-13)15-9-10-16(15)22(20,21)14-7-2-1-3-8-14/h1-8,11,15H,9-10H2. The normalized spacial score (nSPS) is 18.6. The molecular weight excluding hydrogens is 304 g/mol. The van der Waals surface area contributed by atoms with Gasteiger partial charge in [-0.2, -0.15) is 4.31 Å². The molecule has 0 N–H and O–H groups in total. The lowest BCUT2D eigenvalue weighted by atomic mass is 9.97. The van der Waals surface area contributed by atoms with Gasteiger partial charge in [0, 0.05) is 18.7 Å². The number of benzene rings is 2. The summed E-state index contributed by atoms with van der Waals surface area (Å²) in [5.74, 6) is 0. The third-order valence-electron chi connectivity index (χ3n) is 3.79. The van der Waals surface area contributed by atoms with Crippen LogP contribution in [0.3, 0.4) is 0 Å². The summed E-state index contributed by atoms with van der Waals surface area (Å²) in [6, 6.07) is 14.0. The number of nitro benzene ring substituents is 1. The number of nitro groups is 1. The van der Waals surface area contributed by atoms with Crippen LogP contribution in [0.5, 0.6) is 0 Å². The van der Waals surface area contributed by atoms with E-state index < -0.39 is 14.9 Å². The molecule has 22 heavy (non-hydrogen) atoms. The highest BCUT2D eigenvalue weighted by molar-refractivity contribution is 7.89. The van der Waals surface area contributed by atoms with E-state index in [1.165, 1.54) is 16.4 Å². The van der Waals surface area contributed by atoms with Crippen LogP contribution in [0.2, 0.25) is 0 Å². The van der Waals surface area contributed by atoms with E-state index in [-0.39, 0.29) is 16.6 Å². The highest BCUT2D eigenvalue weighted by Crippen LogP contribution is 2.38. The first-order chi connectivity index (χ1) is 10.5. The molecule has 7 heteroatoms. The maximum atomic E-state index is 12.6. The summed E-state index contributed by atoms with van der Waals surface area (Å²) in [4.78, 5) is 10.6. The molecule has 1 aliphatic heterocycles. The maximum Gasteiger partial charge on any atom is 0.269 e. The van der Waals surface area contributed by atoms with Crippen LogP contribution in [0.1, 0.15) is 18.0 Å². The van der Waals surface area contributed by atoms with Gasteiger partial charge in [-0.15, -0.1) is 0 Å². The Bertz CT molecular complexity index is 805. The molecule has 1 heterocycles. The zero-order valence-corrected chi connectivity index (χ0v) is 12.4. The Kier molecular flexibility index (Phi) is 3.67. The van der Waals surface area contributed by atoms with Crippen molar-refractivity contribution < 1.29 is 13.3 Å². The number of hydrogen-bond donors (Lipinski definition) is 0. The molecule has 114 valence electrons. The van der Waals surface area contributed by atoms with E-state index in [2.05, 4.69) is 0 Å². The first kappa shape index (κ1) is 14.7. The van der Waals surface area contributed by atoms with Crippen LogP contribution in [0.4, 0.5) is 5.69 Å². The van der Waals surface area contributed by atoms with Gasteiger partial charge in [0.1, 0.15) is 0 Å². The minimum Gasteiger partial charge on any atom is -0.258 e. The molecule has 1 fully saturated rings. The fourth-order valence-electron chi connectivity index (χ4n) is 2.56. The molecule has 0 saturated carbocycles. The Morgan fingerprint density at radius 1 is 1.09 bits per heavy atom. The van der Waals surface area contributed by atoms with Gasteiger partial charge in [-0.25, -0.2) is 8.42 Å². The first-order valence-electron chi connectivity index (χ1n) is 6.81. The van der Waals surface area contributed by atoms with Gasteiger partial charge in [0.25, 0.3) is 5.69 Å². The predicted octanol–water partition coefficient (Wildman–Crippen LogP) is 2.73. The zero-order valence-electron chi connectivity index (χ0n) is 11.6. The van der Waals surface area contributed by atoms with Gasteiger partial charge >= 0.3 is 0 Å². The lowest BCUT2D eigenvalue weighted by molar-refractivity contribution is -0.385. The summed E-state index contributed by atoms with van der Waals surface area (Å²) in [7, 11) is -3.57. The van der Waals surface area contributed by atoms with E-state index in [0.717, 1.165) is 0 Å². The van der Waals surface area contributed by atoms with Crippen LogP contribution >= 0.6 is 0 Å². The van der Waals surface area contributed by atoms with Gasteiger partial charge in [-0.1, -0.05) is 30.3 Å². The molecule has 0 aromatic heterocycles. The van der Waals surface area contributed by atoms with Crippen molar-refractivity contribution in [3.63, 3.8) is 0 Å². The van der Waals surface area contributed by atoms with Crippen molar-refractivity contribution in [2.75, 3.05) is 6.54 Å². The molecule has 0 aliphatic carbocycles. The van der Waals surface area contributed by atoms with Crippen molar-refractivity contribution in [1.82, 2.24) is 4.31 Å². The topological polar surface area (TPSA) is 80.5 Å². The monoisotopic (exact) mass is 318 g/mol. The Morgan fingerprint density at radius 2 is 1.82 bits per heavy atom. The molecule has 6 nitrogen and oxygen atoms in total. The number of non-ortho nitro benzene ring substituents is 1. The van der Waals surface area contributed by atoms with Gasteiger partial charge in [-0.05, 0) is 24.1 Å². The largest absolute Gasteiger partial charge is 0.269 e. The van der Waals surface area contributed by atoms with Crippen molar-refractivity contribution in [1.29, 1.82) is 0 Å². The van der Waals surface area contributed by atoms with Crippen LogP contribution < -0.4 is 0 Å². The molecule has 1 unspecified atom stereocenters. The van der Waals surface area contributed by atoms with Gasteiger partial charge in [-0.3, -0.25) is 10.1 Å². The Morgan fingerprint density at radius 3 is 2.41 bits per heavy atom. The summed E-state index contributed by atoms with van der Waals surface area (Å²) in [6.07, 6.45) is 0.660. The molecule has 2 aromatic rings. The van der Waals surface area contributed by atoms with Crippen molar-refractivity contribution in [3.8, 4) is 0 Å². The number of nitrogens with zero attached hydrogens (tertiary/aromatic N) is 2. The lowest BCUT2D eigenvalue weighted by Gasteiger charge is -2.39. The van der Waals surface area contributed by atoms with Crippen molar-refractivity contribution in [3.05, 3.63) is 70.3 Å². The average Bonchev–Trinajstić information content (AvgIpc) is 2.47. The minimum absolute atomic E-state index is 0.0264. The molecule has 0 bridgehead atoms. The summed E-state index contributed by atoms with van der Waals surface area (Å²) >= 11 is 0. The predicted molar refractivity (Wildman–Crippen MR) is 80.8 cm³/mol. The van der Waals surface area contributed by atoms with Crippen LogP contribution in [0.25, 0.3) is 0 Å². The number of hydrogen-bond acceptors (Lipinski definition) is 4. The Labute approximate surface area is 128 Å². The molecule has 1 saturated heterocycles. The van der Waals surface area contributed by atoms with E-state index in [1.807, 2.05) is 0 Å². The fourth-order valence-corrected chi connectivity index (χ4v) is 4.24. The number of rotatable bonds is 4. The van der Waals surface area contributed by atoms with Gasteiger partial charge in [0.05, 0.1) is 15.9 Å². The lowest BCUT2D eigenvalue weighted by Crippen LogP contribution is -2.44. The van der Waals surface area contributed by atoms with E-state index in [9.17, 15) is 18.5 Å². The maximum absolute atomic E-state index is 12.6. The quantitative estimate of drug-likeness (QED) is 0.641. The second-order valence-electron chi connectivity index (χ2n) is 5.09. The highest BCUT2D eigenvalue weighted by Gasteiger charge is 2.39. The van der Waals surface area contributed by atoms with E-state index in [4.69, 9.17) is 0 Å². The summed E-state index contributed by atoms with van der Waals surface area (Å²) in [5, 5.41) is 10.9. The Hall–Kier alpha value is -2.25. The molecule has 0 amide bonds. The molecule has 3 rings (SSSR count). The SMILES string of the molecule is O=[N+]([O-])c1cccc(C2CCN2S(=O)(=O)c2ccccc2)c1. The van der Waals surface area contributed by atoms with Gasteiger partial charge in [0.15, 0.2) is 0 Å². The first-order valence-corrected chi connectivity index (χ1v) is 8.25. The van der Waals surface area contributed by atoms with Crippen LogP contribution in [-0.2, 0) is 10.0 Å². The molecule has 0 radical (unpaired) electrons. The highest BCUT2D eigenvalue weighted by atomic mass is 32.2. The molecule has 2 aromatic carbocycles. The third-order valence-corrected chi connectivity index (χ3v) is 5.71. The molecular formula is C15H14N2O4S. The van der Waals surface area contributed by atoms with Crippen LogP contribution in [0, 0.1) is 10.1 Å². The molecule has 0 spiro atoms. The van der Waals surface area contributed by atoms with Crippen molar-refractivity contribution >= 4 is 15.7 Å². The average molecular weight is 318 g/mol. The van der Waals surface area contributed by atoms with Crippen molar-refractivity contribution in [2.24, 2.45) is 0 Å². The Balaban J connectivity index is 1.92. The van der Waals surface area contributed by atoms with E-state index >= 15 is 0 Å². The molecule has 1 aliphatic rings. The summed E-state index contributed by atoms with van der Waals surface area (Å²) < 4.78 is 26.6. The second kappa shape index (κ2) is 5.51. The van der Waals surface area contributed by atoms with E-state index in [1.54, 1.807) is 42.5 Å². The summed E-state index contributed by atoms with van der Waals surface area (Å²) in [6.45, 7) is 0.421. The van der Waals surface area contributed by atoms with Gasteiger partial charge < -0.3 is 0 Å². The van der Waals surface area contributed by atoms with E-state index in [0.29, 0.717) is 18.5 Å². The fraction of sp³-hybridized carbons (Fsp3) is 0.200. The third kappa shape index (κ3) is 2.49. The van der Waals surface area contributed by atoms with Crippen molar-refractivity contribution in [2.45, 2.75) is 17.4 Å². The van der Waals surface area contributed by atoms with Crippen LogP contribution in [0.15, 0.2) is 59.5 Å². The van der Waals surface area contributed by atoms with Crippen LogP contribution in [-0.4, -0.2) is 24.2 Å².